The van der Waals surface area contributed by atoms with Gasteiger partial charge in [-0.15, -0.1) is 18.3 Å². The van der Waals surface area contributed by atoms with E-state index in [0.29, 0.717) is 42.1 Å². The predicted molar refractivity (Wildman–Crippen MR) is 110 cm³/mol. The summed E-state index contributed by atoms with van der Waals surface area (Å²) in [7, 11) is 1.68. The number of nitrogens with zero attached hydrogens (tertiary/aromatic N) is 5. The van der Waals surface area contributed by atoms with Crippen LogP contribution < -0.4 is 14.2 Å². The van der Waals surface area contributed by atoms with Gasteiger partial charge in [-0.3, -0.25) is 4.79 Å². The molecule has 1 aliphatic heterocycles. The van der Waals surface area contributed by atoms with Gasteiger partial charge in [-0.2, -0.15) is 4.68 Å². The number of benzene rings is 2. The molecular formula is C20H18F3N5O4S. The molecule has 2 heterocycles. The number of carbonyl (C=O) groups is 1. The molecular weight excluding hydrogens is 463 g/mol. The van der Waals surface area contributed by atoms with E-state index in [1.807, 2.05) is 18.2 Å². The molecule has 174 valence electrons. The minimum atomic E-state index is -4.77. The molecule has 4 rings (SSSR count). The zero-order valence-electron chi connectivity index (χ0n) is 17.3. The number of fused-ring (bicyclic) bond motifs is 1. The number of hydrogen-bond donors (Lipinski definition) is 0. The van der Waals surface area contributed by atoms with Gasteiger partial charge in [0.05, 0.1) is 11.4 Å². The molecule has 9 nitrogen and oxygen atoms in total. The zero-order chi connectivity index (χ0) is 23.4. The Morgan fingerprint density at radius 2 is 1.88 bits per heavy atom. The maximum atomic E-state index is 12.6. The highest BCUT2D eigenvalue weighted by molar-refractivity contribution is 7.99. The van der Waals surface area contributed by atoms with Crippen molar-refractivity contribution in [2.45, 2.75) is 18.1 Å². The first kappa shape index (κ1) is 22.7. The van der Waals surface area contributed by atoms with Crippen LogP contribution in [0, 0.1) is 0 Å². The van der Waals surface area contributed by atoms with E-state index in [-0.39, 0.29) is 17.4 Å². The minimum absolute atomic E-state index is 0.0662. The number of aromatic nitrogens is 4. The predicted octanol–water partition coefficient (Wildman–Crippen LogP) is 3.08. The van der Waals surface area contributed by atoms with E-state index in [1.54, 1.807) is 11.9 Å². The highest BCUT2D eigenvalue weighted by Crippen LogP contribution is 2.31. The molecule has 0 unspecified atom stereocenters. The van der Waals surface area contributed by atoms with Gasteiger partial charge in [-0.25, -0.2) is 0 Å². The van der Waals surface area contributed by atoms with Gasteiger partial charge in [0.15, 0.2) is 11.5 Å². The van der Waals surface area contributed by atoms with E-state index >= 15 is 0 Å². The fraction of sp³-hybridized carbons (Fsp3) is 0.300. The number of rotatable bonds is 7. The third-order valence-electron chi connectivity index (χ3n) is 4.53. The summed E-state index contributed by atoms with van der Waals surface area (Å²) in [5.41, 5.74) is 1.32. The fourth-order valence-corrected chi connectivity index (χ4v) is 3.84. The number of alkyl halides is 3. The molecule has 13 heteroatoms. The average molecular weight is 481 g/mol. The summed E-state index contributed by atoms with van der Waals surface area (Å²) in [6, 6.07) is 10.6. The Kier molecular flexibility index (Phi) is 6.58. The minimum Gasteiger partial charge on any atom is -0.486 e. The smallest absolute Gasteiger partial charge is 0.486 e. The van der Waals surface area contributed by atoms with Crippen LogP contribution >= 0.6 is 11.8 Å². The third kappa shape index (κ3) is 5.86. The lowest BCUT2D eigenvalue weighted by molar-refractivity contribution is -0.274. The number of carbonyl (C=O) groups excluding carboxylic acids is 1. The van der Waals surface area contributed by atoms with Gasteiger partial charge in [0.2, 0.25) is 11.1 Å². The Morgan fingerprint density at radius 1 is 1.15 bits per heavy atom. The van der Waals surface area contributed by atoms with E-state index < -0.39 is 6.36 Å². The maximum Gasteiger partial charge on any atom is 0.573 e. The molecule has 0 radical (unpaired) electrons. The molecule has 0 saturated carbocycles. The highest BCUT2D eigenvalue weighted by Gasteiger charge is 2.31. The van der Waals surface area contributed by atoms with Gasteiger partial charge in [0.1, 0.15) is 19.0 Å². The number of hydrogen-bond acceptors (Lipinski definition) is 8. The van der Waals surface area contributed by atoms with Gasteiger partial charge < -0.3 is 19.1 Å². The molecule has 0 spiro atoms. The van der Waals surface area contributed by atoms with Crippen LogP contribution in [-0.4, -0.2) is 63.4 Å². The van der Waals surface area contributed by atoms with Crippen molar-refractivity contribution in [3.05, 3.63) is 48.0 Å². The van der Waals surface area contributed by atoms with Crippen molar-refractivity contribution in [2.24, 2.45) is 0 Å². The van der Waals surface area contributed by atoms with Crippen LogP contribution in [0.15, 0.2) is 47.6 Å². The summed E-state index contributed by atoms with van der Waals surface area (Å²) >= 11 is 1.11. The molecule has 2 aromatic carbocycles. The first-order valence-corrected chi connectivity index (χ1v) is 10.7. The Hall–Kier alpha value is -3.48. The quantitative estimate of drug-likeness (QED) is 0.476. The second-order valence-electron chi connectivity index (χ2n) is 6.93. The Balaban J connectivity index is 1.35. The molecule has 3 aromatic rings. The Bertz CT molecular complexity index is 1120. The normalized spacial score (nSPS) is 13.0. The summed E-state index contributed by atoms with van der Waals surface area (Å²) < 4.78 is 53.2. The highest BCUT2D eigenvalue weighted by atomic mass is 32.2. The SMILES string of the molecule is CN(Cc1ccc2c(c1)OCCO2)C(=O)CSc1nnnn1-c1ccc(OC(F)(F)F)cc1. The molecule has 0 fully saturated rings. The Labute approximate surface area is 190 Å². The summed E-state index contributed by atoms with van der Waals surface area (Å²) in [4.78, 5) is 14.2. The van der Waals surface area contributed by atoms with Gasteiger partial charge in [-0.05, 0) is 52.4 Å². The molecule has 0 N–H and O–H groups in total. The number of amides is 1. The Morgan fingerprint density at radius 3 is 2.61 bits per heavy atom. The fourth-order valence-electron chi connectivity index (χ4n) is 3.00. The first-order valence-electron chi connectivity index (χ1n) is 9.68. The molecule has 1 aromatic heterocycles. The van der Waals surface area contributed by atoms with E-state index in [4.69, 9.17) is 9.47 Å². The molecule has 0 atom stereocenters. The van der Waals surface area contributed by atoms with Crippen LogP contribution in [0.1, 0.15) is 5.56 Å². The summed E-state index contributed by atoms with van der Waals surface area (Å²) in [6.45, 7) is 1.36. The summed E-state index contributed by atoms with van der Waals surface area (Å²) in [5, 5.41) is 11.6. The number of halogens is 3. The van der Waals surface area contributed by atoms with E-state index in [0.717, 1.165) is 29.5 Å². The third-order valence-corrected chi connectivity index (χ3v) is 5.44. The molecule has 0 saturated heterocycles. The van der Waals surface area contributed by atoms with Gasteiger partial charge in [-0.1, -0.05) is 17.8 Å². The van der Waals surface area contributed by atoms with Crippen molar-refractivity contribution in [3.63, 3.8) is 0 Å². The van der Waals surface area contributed by atoms with Crippen molar-refractivity contribution in [2.75, 3.05) is 26.0 Å². The first-order chi connectivity index (χ1) is 15.8. The lowest BCUT2D eigenvalue weighted by Crippen LogP contribution is -2.28. The van der Waals surface area contributed by atoms with Gasteiger partial charge in [0.25, 0.3) is 0 Å². The maximum absolute atomic E-state index is 12.6. The second kappa shape index (κ2) is 9.57. The van der Waals surface area contributed by atoms with Crippen LogP contribution in [0.3, 0.4) is 0 Å². The van der Waals surface area contributed by atoms with Crippen LogP contribution in [0.4, 0.5) is 13.2 Å². The monoisotopic (exact) mass is 481 g/mol. The lowest BCUT2D eigenvalue weighted by Gasteiger charge is -2.21. The summed E-state index contributed by atoms with van der Waals surface area (Å²) in [6.07, 6.45) is -4.77. The number of thioether (sulfide) groups is 1. The van der Waals surface area contributed by atoms with Crippen molar-refractivity contribution in [1.82, 2.24) is 25.1 Å². The standard InChI is InChI=1S/C20H18F3N5O4S/c1-27(11-13-2-7-16-17(10-13)31-9-8-30-16)18(29)12-33-19-24-25-26-28(19)14-3-5-15(6-4-14)32-20(21,22)23/h2-7,10H,8-9,11-12H2,1H3. The van der Waals surface area contributed by atoms with Crippen LogP contribution in [0.5, 0.6) is 17.2 Å². The summed E-state index contributed by atoms with van der Waals surface area (Å²) in [5.74, 6) is 0.887. The van der Waals surface area contributed by atoms with Gasteiger partial charge >= 0.3 is 6.36 Å². The molecule has 0 aliphatic carbocycles. The second-order valence-corrected chi connectivity index (χ2v) is 7.87. The van der Waals surface area contributed by atoms with Crippen LogP contribution in [0.2, 0.25) is 0 Å². The van der Waals surface area contributed by atoms with E-state index in [2.05, 4.69) is 20.3 Å². The lowest BCUT2D eigenvalue weighted by atomic mass is 10.2. The zero-order valence-corrected chi connectivity index (χ0v) is 18.1. The molecule has 0 bridgehead atoms. The van der Waals surface area contributed by atoms with E-state index in [9.17, 15) is 18.0 Å². The number of tetrazole rings is 1. The number of ether oxygens (including phenoxy) is 3. The molecule has 33 heavy (non-hydrogen) atoms. The molecule has 1 amide bonds. The van der Waals surface area contributed by atoms with E-state index in [1.165, 1.54) is 16.8 Å². The van der Waals surface area contributed by atoms with Crippen LogP contribution in [-0.2, 0) is 11.3 Å². The van der Waals surface area contributed by atoms with Crippen molar-refractivity contribution >= 4 is 17.7 Å². The topological polar surface area (TPSA) is 91.6 Å². The largest absolute Gasteiger partial charge is 0.573 e. The van der Waals surface area contributed by atoms with Crippen molar-refractivity contribution in [1.29, 1.82) is 0 Å². The van der Waals surface area contributed by atoms with Crippen LogP contribution in [0.25, 0.3) is 5.69 Å². The van der Waals surface area contributed by atoms with Crippen molar-refractivity contribution in [3.8, 4) is 22.9 Å². The van der Waals surface area contributed by atoms with Gasteiger partial charge in [0, 0.05) is 13.6 Å². The average Bonchev–Trinajstić information content (AvgIpc) is 3.25. The molecule has 1 aliphatic rings. The van der Waals surface area contributed by atoms with Crippen molar-refractivity contribution < 1.29 is 32.2 Å².